The fourth-order valence-electron chi connectivity index (χ4n) is 1.74. The van der Waals surface area contributed by atoms with Crippen molar-refractivity contribution in [2.45, 2.75) is 13.3 Å². The van der Waals surface area contributed by atoms with E-state index in [-0.39, 0.29) is 5.56 Å². The fraction of sp³-hybridized carbons (Fsp3) is 0.250. The molecule has 0 radical (unpaired) electrons. The van der Waals surface area contributed by atoms with E-state index in [0.29, 0.717) is 31.1 Å². The number of aryl methyl sites for hydroxylation is 1. The standard InChI is InChI=1S/C16H17NO4/c1-12-7-8-13(11-17-12)20-9-4-10-21-15-6-3-2-5-14(15)16(18)19/h2-3,5-8,11H,4,9-10H2,1H3,(H,18,19). The highest BCUT2D eigenvalue weighted by molar-refractivity contribution is 5.90. The number of pyridine rings is 1. The Morgan fingerprint density at radius 1 is 1.14 bits per heavy atom. The second kappa shape index (κ2) is 7.28. The van der Waals surface area contributed by atoms with Gasteiger partial charge in [-0.25, -0.2) is 4.79 Å². The topological polar surface area (TPSA) is 68.7 Å². The summed E-state index contributed by atoms with van der Waals surface area (Å²) in [6, 6.07) is 10.3. The summed E-state index contributed by atoms with van der Waals surface area (Å²) < 4.78 is 11.0. The summed E-state index contributed by atoms with van der Waals surface area (Å²) in [4.78, 5) is 15.1. The number of benzene rings is 1. The predicted molar refractivity (Wildman–Crippen MR) is 78.0 cm³/mol. The molecule has 5 nitrogen and oxygen atoms in total. The van der Waals surface area contributed by atoms with Crippen LogP contribution in [0.2, 0.25) is 0 Å². The number of hydrogen-bond acceptors (Lipinski definition) is 4. The van der Waals surface area contributed by atoms with Gasteiger partial charge in [0.1, 0.15) is 17.1 Å². The van der Waals surface area contributed by atoms with E-state index in [0.717, 1.165) is 5.69 Å². The molecule has 1 N–H and O–H groups in total. The van der Waals surface area contributed by atoms with E-state index in [1.165, 1.54) is 6.07 Å². The number of aromatic carboxylic acids is 1. The van der Waals surface area contributed by atoms with Crippen LogP contribution in [0.15, 0.2) is 42.6 Å². The normalized spacial score (nSPS) is 10.1. The molecule has 5 heteroatoms. The molecule has 0 aliphatic heterocycles. The number of hydrogen-bond donors (Lipinski definition) is 1. The van der Waals surface area contributed by atoms with Crippen LogP contribution < -0.4 is 9.47 Å². The highest BCUT2D eigenvalue weighted by Crippen LogP contribution is 2.18. The van der Waals surface area contributed by atoms with Gasteiger partial charge in [-0.2, -0.15) is 0 Å². The number of nitrogens with zero attached hydrogens (tertiary/aromatic N) is 1. The Balaban J connectivity index is 1.75. The summed E-state index contributed by atoms with van der Waals surface area (Å²) in [7, 11) is 0. The zero-order valence-corrected chi connectivity index (χ0v) is 11.8. The molecule has 0 saturated heterocycles. The molecule has 2 aromatic rings. The molecule has 0 spiro atoms. The molecule has 0 aliphatic carbocycles. The van der Waals surface area contributed by atoms with E-state index >= 15 is 0 Å². The van der Waals surface area contributed by atoms with Gasteiger partial charge in [-0.05, 0) is 31.2 Å². The van der Waals surface area contributed by atoms with Gasteiger partial charge in [0, 0.05) is 12.1 Å². The Hall–Kier alpha value is -2.56. The smallest absolute Gasteiger partial charge is 0.339 e. The summed E-state index contributed by atoms with van der Waals surface area (Å²) in [5, 5.41) is 9.03. The number of carbonyl (C=O) groups is 1. The summed E-state index contributed by atoms with van der Waals surface area (Å²) in [5.74, 6) is 0.0983. The van der Waals surface area contributed by atoms with Crippen molar-refractivity contribution in [2.24, 2.45) is 0 Å². The Labute approximate surface area is 123 Å². The van der Waals surface area contributed by atoms with Gasteiger partial charge in [0.15, 0.2) is 0 Å². The molecule has 0 bridgehead atoms. The Morgan fingerprint density at radius 3 is 2.62 bits per heavy atom. The molecule has 0 atom stereocenters. The van der Waals surface area contributed by atoms with Crippen LogP contribution >= 0.6 is 0 Å². The molecule has 0 saturated carbocycles. The zero-order chi connectivity index (χ0) is 15.1. The average Bonchev–Trinajstić information content (AvgIpc) is 2.49. The molecule has 0 unspecified atom stereocenters. The Morgan fingerprint density at radius 2 is 1.90 bits per heavy atom. The lowest BCUT2D eigenvalue weighted by atomic mass is 10.2. The maximum absolute atomic E-state index is 11.0. The minimum absolute atomic E-state index is 0.168. The van der Waals surface area contributed by atoms with Crippen LogP contribution in [0, 0.1) is 6.92 Å². The maximum Gasteiger partial charge on any atom is 0.339 e. The number of carboxylic acids is 1. The van der Waals surface area contributed by atoms with Crippen molar-refractivity contribution in [3.63, 3.8) is 0 Å². The largest absolute Gasteiger partial charge is 0.493 e. The number of para-hydroxylation sites is 1. The first kappa shape index (κ1) is 14.8. The molecule has 1 heterocycles. The highest BCUT2D eigenvalue weighted by Gasteiger charge is 2.09. The van der Waals surface area contributed by atoms with Gasteiger partial charge in [-0.1, -0.05) is 12.1 Å². The first-order chi connectivity index (χ1) is 10.2. The highest BCUT2D eigenvalue weighted by atomic mass is 16.5. The van der Waals surface area contributed by atoms with E-state index in [2.05, 4.69) is 4.98 Å². The van der Waals surface area contributed by atoms with Crippen LogP contribution in [0.5, 0.6) is 11.5 Å². The lowest BCUT2D eigenvalue weighted by Gasteiger charge is -2.09. The molecule has 2 rings (SSSR count). The van der Waals surface area contributed by atoms with Gasteiger partial charge in [-0.15, -0.1) is 0 Å². The summed E-state index contributed by atoms with van der Waals surface area (Å²) in [6.07, 6.45) is 2.33. The van der Waals surface area contributed by atoms with Crippen LogP contribution in [0.3, 0.4) is 0 Å². The van der Waals surface area contributed by atoms with Crippen molar-refractivity contribution in [3.05, 3.63) is 53.9 Å². The molecule has 0 amide bonds. The van der Waals surface area contributed by atoms with Crippen molar-refractivity contribution in [1.29, 1.82) is 0 Å². The minimum atomic E-state index is -0.993. The quantitative estimate of drug-likeness (QED) is 0.793. The summed E-state index contributed by atoms with van der Waals surface area (Å²) in [5.41, 5.74) is 1.11. The van der Waals surface area contributed by atoms with Crippen molar-refractivity contribution in [3.8, 4) is 11.5 Å². The predicted octanol–water partition coefficient (Wildman–Crippen LogP) is 2.94. The average molecular weight is 287 g/mol. The minimum Gasteiger partial charge on any atom is -0.493 e. The monoisotopic (exact) mass is 287 g/mol. The molecule has 0 aliphatic rings. The summed E-state index contributed by atoms with van der Waals surface area (Å²) >= 11 is 0. The van der Waals surface area contributed by atoms with Gasteiger partial charge in [0.05, 0.1) is 19.4 Å². The third-order valence-corrected chi connectivity index (χ3v) is 2.82. The number of aromatic nitrogens is 1. The third kappa shape index (κ3) is 4.49. The lowest BCUT2D eigenvalue weighted by molar-refractivity contribution is 0.0692. The van der Waals surface area contributed by atoms with Crippen LogP contribution in [0.1, 0.15) is 22.5 Å². The molecular formula is C16H17NO4. The number of carboxylic acid groups (broad SMARTS) is 1. The lowest BCUT2D eigenvalue weighted by Crippen LogP contribution is -2.08. The first-order valence-electron chi connectivity index (χ1n) is 6.67. The van der Waals surface area contributed by atoms with E-state index < -0.39 is 5.97 Å². The van der Waals surface area contributed by atoms with Crippen molar-refractivity contribution in [1.82, 2.24) is 4.98 Å². The second-order valence-electron chi connectivity index (χ2n) is 4.49. The SMILES string of the molecule is Cc1ccc(OCCCOc2ccccc2C(=O)O)cn1. The number of rotatable bonds is 7. The van der Waals surface area contributed by atoms with Gasteiger partial charge < -0.3 is 14.6 Å². The molecule has 1 aromatic carbocycles. The zero-order valence-electron chi connectivity index (χ0n) is 11.8. The fourth-order valence-corrected chi connectivity index (χ4v) is 1.74. The Bertz CT molecular complexity index is 595. The molecule has 110 valence electrons. The van der Waals surface area contributed by atoms with Crippen molar-refractivity contribution in [2.75, 3.05) is 13.2 Å². The van der Waals surface area contributed by atoms with Gasteiger partial charge in [-0.3, -0.25) is 4.98 Å². The Kier molecular flexibility index (Phi) is 5.15. The van der Waals surface area contributed by atoms with Crippen LogP contribution in [0.4, 0.5) is 0 Å². The maximum atomic E-state index is 11.0. The molecular weight excluding hydrogens is 270 g/mol. The second-order valence-corrected chi connectivity index (χ2v) is 4.49. The van der Waals surface area contributed by atoms with E-state index in [9.17, 15) is 4.79 Å². The first-order valence-corrected chi connectivity index (χ1v) is 6.67. The van der Waals surface area contributed by atoms with E-state index in [4.69, 9.17) is 14.6 Å². The third-order valence-electron chi connectivity index (χ3n) is 2.82. The summed E-state index contributed by atoms with van der Waals surface area (Å²) in [6.45, 7) is 2.79. The van der Waals surface area contributed by atoms with Gasteiger partial charge in [0.2, 0.25) is 0 Å². The van der Waals surface area contributed by atoms with Crippen molar-refractivity contribution >= 4 is 5.97 Å². The molecule has 21 heavy (non-hydrogen) atoms. The van der Waals surface area contributed by atoms with Crippen LogP contribution in [-0.2, 0) is 0 Å². The van der Waals surface area contributed by atoms with Crippen LogP contribution in [0.25, 0.3) is 0 Å². The van der Waals surface area contributed by atoms with Crippen molar-refractivity contribution < 1.29 is 19.4 Å². The molecule has 0 fully saturated rings. The van der Waals surface area contributed by atoms with E-state index in [1.807, 2.05) is 19.1 Å². The van der Waals surface area contributed by atoms with E-state index in [1.54, 1.807) is 24.4 Å². The van der Waals surface area contributed by atoms with Gasteiger partial charge >= 0.3 is 5.97 Å². The van der Waals surface area contributed by atoms with Gasteiger partial charge in [0.25, 0.3) is 0 Å². The molecule has 1 aromatic heterocycles. The number of ether oxygens (including phenoxy) is 2. The van der Waals surface area contributed by atoms with Crippen LogP contribution in [-0.4, -0.2) is 29.3 Å².